The molecular formula is C12H16N2O3. The maximum atomic E-state index is 11.8. The van der Waals surface area contributed by atoms with Crippen LogP contribution in [0.3, 0.4) is 0 Å². The number of nitrogens with zero attached hydrogens (tertiary/aromatic N) is 1. The number of benzene rings is 1. The lowest BCUT2D eigenvalue weighted by Gasteiger charge is -2.14. The van der Waals surface area contributed by atoms with Crippen LogP contribution in [-0.2, 0) is 0 Å². The van der Waals surface area contributed by atoms with Crippen molar-refractivity contribution in [2.24, 2.45) is 0 Å². The zero-order valence-corrected chi connectivity index (χ0v) is 9.97. The Balaban J connectivity index is 2.73. The van der Waals surface area contributed by atoms with Crippen molar-refractivity contribution in [3.8, 4) is 0 Å². The van der Waals surface area contributed by atoms with Gasteiger partial charge in [-0.3, -0.25) is 14.9 Å². The molecule has 5 nitrogen and oxygen atoms in total. The fraction of sp³-hybridized carbons (Fsp3) is 0.417. The fourth-order valence-corrected chi connectivity index (χ4v) is 1.50. The molecule has 1 rings (SSSR count). The zero-order valence-electron chi connectivity index (χ0n) is 9.97. The lowest BCUT2D eigenvalue weighted by atomic mass is 10.1. The predicted molar refractivity (Wildman–Crippen MR) is 64.9 cm³/mol. The van der Waals surface area contributed by atoms with Gasteiger partial charge in [-0.25, -0.2) is 0 Å². The maximum Gasteiger partial charge on any atom is 0.269 e. The van der Waals surface area contributed by atoms with Crippen LogP contribution in [0.4, 0.5) is 5.69 Å². The molecule has 0 saturated heterocycles. The normalized spacial score (nSPS) is 10.3. The number of nitro groups is 1. The van der Waals surface area contributed by atoms with Gasteiger partial charge in [-0.2, -0.15) is 0 Å². The molecule has 0 aromatic heterocycles. The average molecular weight is 236 g/mol. The Morgan fingerprint density at radius 3 is 2.24 bits per heavy atom. The molecule has 0 aliphatic heterocycles. The van der Waals surface area contributed by atoms with Crippen molar-refractivity contribution in [1.29, 1.82) is 0 Å². The summed E-state index contributed by atoms with van der Waals surface area (Å²) in [7, 11) is 0. The summed E-state index contributed by atoms with van der Waals surface area (Å²) in [5, 5.41) is 13.3. The molecule has 0 bridgehead atoms. The fourth-order valence-electron chi connectivity index (χ4n) is 1.50. The van der Waals surface area contributed by atoms with E-state index in [1.54, 1.807) is 0 Å². The summed E-state index contributed by atoms with van der Waals surface area (Å²) < 4.78 is 0. The van der Waals surface area contributed by atoms with Crippen molar-refractivity contribution >= 4 is 11.6 Å². The number of non-ortho nitro benzene ring substituents is 1. The third kappa shape index (κ3) is 3.55. The van der Waals surface area contributed by atoms with Crippen LogP contribution in [0.5, 0.6) is 0 Å². The van der Waals surface area contributed by atoms with Crippen molar-refractivity contribution in [1.82, 2.24) is 5.32 Å². The van der Waals surface area contributed by atoms with Gasteiger partial charge in [-0.1, -0.05) is 13.8 Å². The molecule has 1 N–H and O–H groups in total. The number of hydrogen-bond acceptors (Lipinski definition) is 3. The third-order valence-electron chi connectivity index (χ3n) is 2.66. The summed E-state index contributed by atoms with van der Waals surface area (Å²) in [6.45, 7) is 4.01. The standard InChI is InChI=1S/C12H16N2O3/c1-3-10(4-2)13-12(15)9-5-7-11(8-6-9)14(16)17/h5-8,10H,3-4H2,1-2H3,(H,13,15). The van der Waals surface area contributed by atoms with Crippen LogP contribution in [-0.4, -0.2) is 16.9 Å². The van der Waals surface area contributed by atoms with Crippen molar-refractivity contribution < 1.29 is 9.72 Å². The van der Waals surface area contributed by atoms with Crippen LogP contribution >= 0.6 is 0 Å². The van der Waals surface area contributed by atoms with E-state index in [0.29, 0.717) is 5.56 Å². The number of carbonyl (C=O) groups excluding carboxylic acids is 1. The van der Waals surface area contributed by atoms with E-state index in [9.17, 15) is 14.9 Å². The Labute approximate surface area is 100.0 Å². The molecule has 1 aromatic carbocycles. The second kappa shape index (κ2) is 5.98. The molecule has 1 aromatic rings. The molecule has 0 saturated carbocycles. The van der Waals surface area contributed by atoms with Crippen LogP contribution in [0.1, 0.15) is 37.0 Å². The van der Waals surface area contributed by atoms with Gasteiger partial charge < -0.3 is 5.32 Å². The van der Waals surface area contributed by atoms with Crippen LogP contribution in [0.2, 0.25) is 0 Å². The highest BCUT2D eigenvalue weighted by Crippen LogP contribution is 2.12. The van der Waals surface area contributed by atoms with Gasteiger partial charge in [-0.05, 0) is 25.0 Å². The van der Waals surface area contributed by atoms with E-state index in [1.165, 1.54) is 24.3 Å². The summed E-state index contributed by atoms with van der Waals surface area (Å²) in [6.07, 6.45) is 1.74. The zero-order chi connectivity index (χ0) is 12.8. The molecule has 5 heteroatoms. The van der Waals surface area contributed by atoms with Gasteiger partial charge in [0.15, 0.2) is 0 Å². The quantitative estimate of drug-likeness (QED) is 0.630. The van der Waals surface area contributed by atoms with Gasteiger partial charge in [-0.15, -0.1) is 0 Å². The van der Waals surface area contributed by atoms with E-state index in [2.05, 4.69) is 5.32 Å². The highest BCUT2D eigenvalue weighted by Gasteiger charge is 2.12. The smallest absolute Gasteiger partial charge is 0.269 e. The summed E-state index contributed by atoms with van der Waals surface area (Å²) in [4.78, 5) is 21.7. The molecular weight excluding hydrogens is 220 g/mol. The molecule has 0 spiro atoms. The first-order valence-corrected chi connectivity index (χ1v) is 5.63. The lowest BCUT2D eigenvalue weighted by Crippen LogP contribution is -2.33. The van der Waals surface area contributed by atoms with E-state index >= 15 is 0 Å². The Morgan fingerprint density at radius 2 is 1.82 bits per heavy atom. The Bertz CT molecular complexity index is 397. The highest BCUT2D eigenvalue weighted by atomic mass is 16.6. The largest absolute Gasteiger partial charge is 0.349 e. The summed E-state index contributed by atoms with van der Waals surface area (Å²) in [6, 6.07) is 5.76. The third-order valence-corrected chi connectivity index (χ3v) is 2.66. The van der Waals surface area contributed by atoms with Gasteiger partial charge in [0.1, 0.15) is 0 Å². The van der Waals surface area contributed by atoms with Gasteiger partial charge in [0.25, 0.3) is 11.6 Å². The van der Waals surface area contributed by atoms with E-state index < -0.39 is 4.92 Å². The SMILES string of the molecule is CCC(CC)NC(=O)c1ccc([N+](=O)[O-])cc1. The van der Waals surface area contributed by atoms with E-state index in [-0.39, 0.29) is 17.6 Å². The van der Waals surface area contributed by atoms with E-state index in [4.69, 9.17) is 0 Å². The minimum Gasteiger partial charge on any atom is -0.349 e. The van der Waals surface area contributed by atoms with Crippen LogP contribution in [0, 0.1) is 10.1 Å². The first kappa shape index (κ1) is 13.2. The van der Waals surface area contributed by atoms with Gasteiger partial charge in [0.05, 0.1) is 4.92 Å². The topological polar surface area (TPSA) is 72.2 Å². The first-order chi connectivity index (χ1) is 8.08. The highest BCUT2D eigenvalue weighted by molar-refractivity contribution is 5.94. The number of nitro benzene ring substituents is 1. The average Bonchev–Trinajstić information content (AvgIpc) is 2.35. The Kier molecular flexibility index (Phi) is 4.63. The molecule has 17 heavy (non-hydrogen) atoms. The Hall–Kier alpha value is -1.91. The molecule has 0 aliphatic carbocycles. The molecule has 0 fully saturated rings. The number of amides is 1. The van der Waals surface area contributed by atoms with Crippen LogP contribution in [0.15, 0.2) is 24.3 Å². The first-order valence-electron chi connectivity index (χ1n) is 5.63. The molecule has 0 atom stereocenters. The maximum absolute atomic E-state index is 11.8. The van der Waals surface area contributed by atoms with Crippen molar-refractivity contribution in [2.45, 2.75) is 32.7 Å². The van der Waals surface area contributed by atoms with Gasteiger partial charge >= 0.3 is 0 Å². The van der Waals surface area contributed by atoms with Crippen LogP contribution in [0.25, 0.3) is 0 Å². The predicted octanol–water partition coefficient (Wildman–Crippen LogP) is 2.51. The van der Waals surface area contributed by atoms with E-state index in [0.717, 1.165) is 12.8 Å². The summed E-state index contributed by atoms with van der Waals surface area (Å²) in [5.41, 5.74) is 0.437. The number of carbonyl (C=O) groups is 1. The Morgan fingerprint density at radius 1 is 1.29 bits per heavy atom. The van der Waals surface area contributed by atoms with Crippen molar-refractivity contribution in [3.63, 3.8) is 0 Å². The number of rotatable bonds is 5. The molecule has 0 radical (unpaired) electrons. The molecule has 0 unspecified atom stereocenters. The molecule has 1 amide bonds. The minimum atomic E-state index is -0.484. The molecule has 0 aliphatic rings. The summed E-state index contributed by atoms with van der Waals surface area (Å²) >= 11 is 0. The second-order valence-electron chi connectivity index (χ2n) is 3.79. The van der Waals surface area contributed by atoms with E-state index in [1.807, 2.05) is 13.8 Å². The summed E-state index contributed by atoms with van der Waals surface area (Å²) in [5.74, 6) is -0.186. The number of hydrogen-bond donors (Lipinski definition) is 1. The van der Waals surface area contributed by atoms with Crippen LogP contribution < -0.4 is 5.32 Å². The van der Waals surface area contributed by atoms with Gasteiger partial charge in [0, 0.05) is 23.7 Å². The molecule has 92 valence electrons. The minimum absolute atomic E-state index is 0.0101. The lowest BCUT2D eigenvalue weighted by molar-refractivity contribution is -0.384. The van der Waals surface area contributed by atoms with Crippen molar-refractivity contribution in [3.05, 3.63) is 39.9 Å². The second-order valence-corrected chi connectivity index (χ2v) is 3.79. The molecule has 0 heterocycles. The number of nitrogens with one attached hydrogen (secondary N) is 1. The monoisotopic (exact) mass is 236 g/mol. The van der Waals surface area contributed by atoms with Gasteiger partial charge in [0.2, 0.25) is 0 Å². The van der Waals surface area contributed by atoms with Crippen molar-refractivity contribution in [2.75, 3.05) is 0 Å².